The number of carbonyl (C=O) groups excluding carboxylic acids is 1. The quantitative estimate of drug-likeness (QED) is 0.834. The van der Waals surface area contributed by atoms with Gasteiger partial charge in [-0.25, -0.2) is 9.37 Å². The number of halogens is 2. The Bertz CT molecular complexity index is 705. The van der Waals surface area contributed by atoms with Crippen LogP contribution < -0.4 is 10.6 Å². The lowest BCUT2D eigenvalue weighted by Gasteiger charge is -2.18. The number of nitrogens with zero attached hydrogens (tertiary/aromatic N) is 1. The highest BCUT2D eigenvalue weighted by Crippen LogP contribution is 2.28. The van der Waals surface area contributed by atoms with E-state index in [0.29, 0.717) is 30.8 Å². The lowest BCUT2D eigenvalue weighted by atomic mass is 10.0. The maximum Gasteiger partial charge on any atom is 0.224 e. The van der Waals surface area contributed by atoms with Crippen molar-refractivity contribution in [3.8, 4) is 0 Å². The second kappa shape index (κ2) is 5.81. The molecule has 2 heterocycles. The molecule has 2 N–H and O–H groups in total. The third-order valence-electron chi connectivity index (χ3n) is 3.32. The van der Waals surface area contributed by atoms with Crippen molar-refractivity contribution in [3.05, 3.63) is 52.0 Å². The molecule has 1 aromatic carbocycles. The van der Waals surface area contributed by atoms with Crippen LogP contribution in [0.5, 0.6) is 0 Å². The predicted molar refractivity (Wildman–Crippen MR) is 82.6 cm³/mol. The number of hydrogen-bond donors (Lipinski definition) is 2. The number of fused-ring (bicyclic) bond motifs is 1. The van der Waals surface area contributed by atoms with Crippen molar-refractivity contribution in [2.75, 3.05) is 10.6 Å². The second-order valence-electron chi connectivity index (χ2n) is 4.84. The molecule has 0 unspecified atom stereocenters. The van der Waals surface area contributed by atoms with Gasteiger partial charge in [-0.05, 0) is 52.2 Å². The summed E-state index contributed by atoms with van der Waals surface area (Å²) in [5.41, 5.74) is 2.67. The standard InChI is InChI=1S/C15H13BrFN3O/c16-14-3-1-2-10(19-14)8-18-13-7-12-9(6-11(13)17)4-5-15(21)20-12/h1-3,6-7,18H,4-5,8H2,(H,20,21). The van der Waals surface area contributed by atoms with Gasteiger partial charge in [0.2, 0.25) is 5.91 Å². The Balaban J connectivity index is 1.79. The SMILES string of the molecule is O=C1CCc2cc(F)c(NCc3cccc(Br)n3)cc2N1. The zero-order valence-electron chi connectivity index (χ0n) is 11.1. The largest absolute Gasteiger partial charge is 0.377 e. The van der Waals surface area contributed by atoms with Gasteiger partial charge < -0.3 is 10.6 Å². The summed E-state index contributed by atoms with van der Waals surface area (Å²) < 4.78 is 14.8. The van der Waals surface area contributed by atoms with Crippen molar-refractivity contribution >= 4 is 33.2 Å². The Labute approximate surface area is 129 Å². The number of pyridine rings is 1. The first-order chi connectivity index (χ1) is 10.1. The summed E-state index contributed by atoms with van der Waals surface area (Å²) in [4.78, 5) is 15.7. The van der Waals surface area contributed by atoms with E-state index >= 15 is 0 Å². The second-order valence-corrected chi connectivity index (χ2v) is 5.66. The van der Waals surface area contributed by atoms with E-state index in [1.54, 1.807) is 6.07 Å². The Morgan fingerprint density at radius 1 is 1.33 bits per heavy atom. The highest BCUT2D eigenvalue weighted by atomic mass is 79.9. The molecule has 3 rings (SSSR count). The van der Waals surface area contributed by atoms with Crippen LogP contribution in [0.2, 0.25) is 0 Å². The number of anilines is 2. The lowest BCUT2D eigenvalue weighted by Crippen LogP contribution is -2.19. The fourth-order valence-corrected chi connectivity index (χ4v) is 2.65. The smallest absolute Gasteiger partial charge is 0.224 e. The first-order valence-electron chi connectivity index (χ1n) is 6.59. The highest BCUT2D eigenvalue weighted by molar-refractivity contribution is 9.10. The van der Waals surface area contributed by atoms with Crippen LogP contribution in [0, 0.1) is 5.82 Å². The van der Waals surface area contributed by atoms with Gasteiger partial charge in [0, 0.05) is 12.1 Å². The molecule has 6 heteroatoms. The van der Waals surface area contributed by atoms with Crippen molar-refractivity contribution in [1.82, 2.24) is 4.98 Å². The van der Waals surface area contributed by atoms with Gasteiger partial charge in [-0.2, -0.15) is 0 Å². The van der Waals surface area contributed by atoms with Gasteiger partial charge in [-0.15, -0.1) is 0 Å². The summed E-state index contributed by atoms with van der Waals surface area (Å²) in [7, 11) is 0. The number of carbonyl (C=O) groups is 1. The van der Waals surface area contributed by atoms with Gasteiger partial charge in [0.1, 0.15) is 10.4 Å². The number of hydrogen-bond acceptors (Lipinski definition) is 3. The van der Waals surface area contributed by atoms with Crippen LogP contribution in [0.4, 0.5) is 15.8 Å². The molecule has 1 aliphatic heterocycles. The topological polar surface area (TPSA) is 54.0 Å². The molecular weight excluding hydrogens is 337 g/mol. The van der Waals surface area contributed by atoms with Gasteiger partial charge in [-0.3, -0.25) is 4.79 Å². The fraction of sp³-hybridized carbons (Fsp3) is 0.200. The summed E-state index contributed by atoms with van der Waals surface area (Å²) in [6, 6.07) is 8.68. The lowest BCUT2D eigenvalue weighted by molar-refractivity contribution is -0.116. The maximum atomic E-state index is 14.1. The number of nitrogens with one attached hydrogen (secondary N) is 2. The van der Waals surface area contributed by atoms with Crippen LogP contribution in [-0.4, -0.2) is 10.9 Å². The molecular formula is C15H13BrFN3O. The Morgan fingerprint density at radius 3 is 3.00 bits per heavy atom. The van der Waals surface area contributed by atoms with Crippen LogP contribution >= 0.6 is 15.9 Å². The molecule has 1 aromatic heterocycles. The van der Waals surface area contributed by atoms with E-state index in [2.05, 4.69) is 31.5 Å². The molecule has 0 aliphatic carbocycles. The van der Waals surface area contributed by atoms with Crippen LogP contribution in [0.15, 0.2) is 34.9 Å². The summed E-state index contributed by atoms with van der Waals surface area (Å²) >= 11 is 3.30. The van der Waals surface area contributed by atoms with Gasteiger partial charge in [0.15, 0.2) is 0 Å². The summed E-state index contributed by atoms with van der Waals surface area (Å²) in [5, 5.41) is 5.78. The summed E-state index contributed by atoms with van der Waals surface area (Å²) in [5.74, 6) is -0.353. The van der Waals surface area contributed by atoms with Crippen LogP contribution in [0.25, 0.3) is 0 Å². The van der Waals surface area contributed by atoms with E-state index in [9.17, 15) is 9.18 Å². The van der Waals surface area contributed by atoms with Crippen LogP contribution in [0.3, 0.4) is 0 Å². The minimum absolute atomic E-state index is 0.0336. The van der Waals surface area contributed by atoms with Gasteiger partial charge >= 0.3 is 0 Å². The van der Waals surface area contributed by atoms with Crippen LogP contribution in [-0.2, 0) is 17.8 Å². The molecule has 1 amide bonds. The first kappa shape index (κ1) is 14.0. The third-order valence-corrected chi connectivity index (χ3v) is 3.76. The Hall–Kier alpha value is -1.95. The van der Waals surface area contributed by atoms with E-state index in [0.717, 1.165) is 15.9 Å². The van der Waals surface area contributed by atoms with Crippen molar-refractivity contribution in [1.29, 1.82) is 0 Å². The Kier molecular flexibility index (Phi) is 3.88. The molecule has 4 nitrogen and oxygen atoms in total. The van der Waals surface area contributed by atoms with E-state index in [1.165, 1.54) is 6.07 Å². The molecule has 0 bridgehead atoms. The zero-order chi connectivity index (χ0) is 14.8. The van der Waals surface area contributed by atoms with Crippen molar-refractivity contribution < 1.29 is 9.18 Å². The maximum absolute atomic E-state index is 14.1. The van der Waals surface area contributed by atoms with Crippen molar-refractivity contribution in [3.63, 3.8) is 0 Å². The molecule has 1 aliphatic rings. The van der Waals surface area contributed by atoms with Gasteiger partial charge in [-0.1, -0.05) is 6.07 Å². The minimum atomic E-state index is -0.320. The number of rotatable bonds is 3. The van der Waals surface area contributed by atoms with Gasteiger partial charge in [0.05, 0.1) is 17.9 Å². The first-order valence-corrected chi connectivity index (χ1v) is 7.39. The number of amides is 1. The normalized spacial score (nSPS) is 13.5. The van der Waals surface area contributed by atoms with Crippen molar-refractivity contribution in [2.45, 2.75) is 19.4 Å². The van der Waals surface area contributed by atoms with Gasteiger partial charge in [0.25, 0.3) is 0 Å². The van der Waals surface area contributed by atoms with E-state index in [-0.39, 0.29) is 11.7 Å². The molecule has 2 aromatic rings. The summed E-state index contributed by atoms with van der Waals surface area (Å²) in [6.07, 6.45) is 0.979. The minimum Gasteiger partial charge on any atom is -0.377 e. The molecule has 108 valence electrons. The summed E-state index contributed by atoms with van der Waals surface area (Å²) in [6.45, 7) is 0.406. The van der Waals surface area contributed by atoms with E-state index in [1.807, 2.05) is 18.2 Å². The molecule has 21 heavy (non-hydrogen) atoms. The number of aryl methyl sites for hydroxylation is 1. The molecule has 0 spiro atoms. The predicted octanol–water partition coefficient (Wildman–Crippen LogP) is 3.48. The van der Waals surface area contributed by atoms with Crippen LogP contribution in [0.1, 0.15) is 17.7 Å². The number of benzene rings is 1. The molecule has 0 saturated carbocycles. The third kappa shape index (κ3) is 3.21. The highest BCUT2D eigenvalue weighted by Gasteiger charge is 2.17. The monoisotopic (exact) mass is 349 g/mol. The molecule has 0 fully saturated rings. The van der Waals surface area contributed by atoms with E-state index in [4.69, 9.17) is 0 Å². The van der Waals surface area contributed by atoms with Crippen molar-refractivity contribution in [2.24, 2.45) is 0 Å². The fourth-order valence-electron chi connectivity index (χ4n) is 2.27. The molecule has 0 saturated heterocycles. The van der Waals surface area contributed by atoms with E-state index < -0.39 is 0 Å². The Morgan fingerprint density at radius 2 is 2.19 bits per heavy atom. The molecule has 0 radical (unpaired) electrons. The number of aromatic nitrogens is 1. The average molecular weight is 350 g/mol. The average Bonchev–Trinajstić information content (AvgIpc) is 2.45. The molecule has 0 atom stereocenters. The zero-order valence-corrected chi connectivity index (χ0v) is 12.7.